The van der Waals surface area contributed by atoms with Gasteiger partial charge in [-0.1, -0.05) is 18.9 Å². The molecule has 1 aliphatic rings. The zero-order chi connectivity index (χ0) is 13.6. The molecule has 1 saturated carbocycles. The summed E-state index contributed by atoms with van der Waals surface area (Å²) in [6.45, 7) is 0.806. The lowest BCUT2D eigenvalue weighted by Crippen LogP contribution is -2.04. The van der Waals surface area contributed by atoms with Crippen molar-refractivity contribution < 1.29 is 8.42 Å². The third-order valence-corrected chi connectivity index (χ3v) is 4.76. The molecule has 1 aromatic carbocycles. The van der Waals surface area contributed by atoms with Gasteiger partial charge in [0.2, 0.25) is 5.95 Å². The number of hydrogen-bond acceptors (Lipinski definition) is 4. The van der Waals surface area contributed by atoms with Crippen LogP contribution in [0.3, 0.4) is 0 Å². The van der Waals surface area contributed by atoms with Crippen LogP contribution in [0.5, 0.6) is 0 Å². The fraction of sp³-hybridized carbons (Fsp3) is 0.462. The SMILES string of the molecule is CS(=O)(=O)c1cccc2c1nc(N)n2CCC1CC1. The van der Waals surface area contributed by atoms with Crippen molar-refractivity contribution in [2.24, 2.45) is 5.92 Å². The molecule has 0 saturated heterocycles. The number of nitrogens with zero attached hydrogens (tertiary/aromatic N) is 2. The van der Waals surface area contributed by atoms with Crippen LogP contribution < -0.4 is 5.73 Å². The number of aryl methyl sites for hydroxylation is 1. The molecule has 0 aliphatic heterocycles. The van der Waals surface area contributed by atoms with E-state index in [1.165, 1.54) is 19.1 Å². The number of hydrogen-bond donors (Lipinski definition) is 1. The minimum absolute atomic E-state index is 0.252. The van der Waals surface area contributed by atoms with Crippen LogP contribution in [0.2, 0.25) is 0 Å². The molecule has 102 valence electrons. The molecule has 1 fully saturated rings. The lowest BCUT2D eigenvalue weighted by molar-refractivity contribution is 0.602. The van der Waals surface area contributed by atoms with Crippen molar-refractivity contribution in [1.29, 1.82) is 0 Å². The standard InChI is InChI=1S/C13H17N3O2S/c1-19(17,18)11-4-2-3-10-12(11)15-13(14)16(10)8-7-9-5-6-9/h2-4,9H,5-8H2,1H3,(H2,14,15). The Morgan fingerprint density at radius 2 is 2.16 bits per heavy atom. The summed E-state index contributed by atoms with van der Waals surface area (Å²) in [5.74, 6) is 1.20. The Morgan fingerprint density at radius 1 is 1.42 bits per heavy atom. The molecule has 0 spiro atoms. The molecule has 0 radical (unpaired) electrons. The highest BCUT2D eigenvalue weighted by atomic mass is 32.2. The second kappa shape index (κ2) is 4.23. The minimum atomic E-state index is -3.28. The Balaban J connectivity index is 2.10. The van der Waals surface area contributed by atoms with Crippen molar-refractivity contribution in [3.05, 3.63) is 18.2 Å². The van der Waals surface area contributed by atoms with E-state index in [9.17, 15) is 8.42 Å². The van der Waals surface area contributed by atoms with Crippen LogP contribution >= 0.6 is 0 Å². The highest BCUT2D eigenvalue weighted by Gasteiger charge is 2.22. The summed E-state index contributed by atoms with van der Waals surface area (Å²) in [5, 5.41) is 0. The topological polar surface area (TPSA) is 78.0 Å². The minimum Gasteiger partial charge on any atom is -0.369 e. The van der Waals surface area contributed by atoms with Gasteiger partial charge in [-0.3, -0.25) is 0 Å². The molecule has 5 nitrogen and oxygen atoms in total. The van der Waals surface area contributed by atoms with Crippen LogP contribution in [0.15, 0.2) is 23.1 Å². The van der Waals surface area contributed by atoms with Crippen molar-refractivity contribution in [2.75, 3.05) is 12.0 Å². The Morgan fingerprint density at radius 3 is 2.79 bits per heavy atom. The number of nitrogen functional groups attached to an aromatic ring is 1. The summed E-state index contributed by atoms with van der Waals surface area (Å²) in [6, 6.07) is 5.20. The van der Waals surface area contributed by atoms with Gasteiger partial charge in [0, 0.05) is 12.8 Å². The molecule has 1 heterocycles. The summed E-state index contributed by atoms with van der Waals surface area (Å²) >= 11 is 0. The second-order valence-electron chi connectivity index (χ2n) is 5.25. The van der Waals surface area contributed by atoms with E-state index in [4.69, 9.17) is 5.73 Å². The number of rotatable bonds is 4. The van der Waals surface area contributed by atoms with Crippen molar-refractivity contribution in [3.8, 4) is 0 Å². The molecule has 6 heteroatoms. The van der Waals surface area contributed by atoms with Crippen LogP contribution in [0.1, 0.15) is 19.3 Å². The lowest BCUT2D eigenvalue weighted by Gasteiger charge is -2.06. The maximum atomic E-state index is 11.8. The van der Waals surface area contributed by atoms with Gasteiger partial charge >= 0.3 is 0 Å². The Bertz CT molecular complexity index is 730. The van der Waals surface area contributed by atoms with Crippen LogP contribution in [0.25, 0.3) is 11.0 Å². The molecule has 0 atom stereocenters. The van der Waals surface area contributed by atoms with E-state index in [1.54, 1.807) is 12.1 Å². The first kappa shape index (κ1) is 12.5. The number of fused-ring (bicyclic) bond motifs is 1. The smallest absolute Gasteiger partial charge is 0.201 e. The number of nitrogens with two attached hydrogens (primary N) is 1. The summed E-state index contributed by atoms with van der Waals surface area (Å²) in [5.41, 5.74) is 7.22. The first-order valence-electron chi connectivity index (χ1n) is 6.41. The average molecular weight is 279 g/mol. The van der Waals surface area contributed by atoms with E-state index in [1.807, 2.05) is 10.6 Å². The molecule has 2 N–H and O–H groups in total. The summed E-state index contributed by atoms with van der Waals surface area (Å²) in [7, 11) is -3.28. The molecular weight excluding hydrogens is 262 g/mol. The third-order valence-electron chi connectivity index (χ3n) is 3.63. The van der Waals surface area contributed by atoms with Crippen molar-refractivity contribution in [1.82, 2.24) is 9.55 Å². The fourth-order valence-electron chi connectivity index (χ4n) is 2.39. The largest absolute Gasteiger partial charge is 0.369 e. The van der Waals surface area contributed by atoms with Gasteiger partial charge in [0.1, 0.15) is 5.52 Å². The highest BCUT2D eigenvalue weighted by Crippen LogP contribution is 2.34. The maximum Gasteiger partial charge on any atom is 0.201 e. The Labute approximate surface area is 112 Å². The van der Waals surface area contributed by atoms with E-state index >= 15 is 0 Å². The molecule has 19 heavy (non-hydrogen) atoms. The number of imidazole rings is 1. The van der Waals surface area contributed by atoms with Gasteiger partial charge < -0.3 is 10.3 Å². The van der Waals surface area contributed by atoms with Crippen molar-refractivity contribution in [2.45, 2.75) is 30.7 Å². The molecule has 1 aromatic heterocycles. The summed E-state index contributed by atoms with van der Waals surface area (Å²) in [6.07, 6.45) is 4.86. The number of para-hydroxylation sites is 1. The number of anilines is 1. The van der Waals surface area contributed by atoms with Gasteiger partial charge in [0.05, 0.1) is 10.4 Å². The summed E-state index contributed by atoms with van der Waals surface area (Å²) in [4.78, 5) is 4.49. The van der Waals surface area contributed by atoms with E-state index in [2.05, 4.69) is 4.98 Å². The highest BCUT2D eigenvalue weighted by molar-refractivity contribution is 7.91. The molecule has 1 aliphatic carbocycles. The van der Waals surface area contributed by atoms with Gasteiger partial charge in [-0.15, -0.1) is 0 Å². The summed E-state index contributed by atoms with van der Waals surface area (Å²) < 4.78 is 25.4. The molecule has 2 aromatic rings. The van der Waals surface area contributed by atoms with Crippen LogP contribution in [-0.4, -0.2) is 24.2 Å². The predicted octanol–water partition coefficient (Wildman–Crippen LogP) is 1.82. The van der Waals surface area contributed by atoms with Crippen LogP contribution in [0, 0.1) is 5.92 Å². The van der Waals surface area contributed by atoms with Gasteiger partial charge in [0.25, 0.3) is 0 Å². The van der Waals surface area contributed by atoms with Crippen molar-refractivity contribution >= 4 is 26.8 Å². The van der Waals surface area contributed by atoms with Crippen molar-refractivity contribution in [3.63, 3.8) is 0 Å². The normalized spacial score (nSPS) is 16.1. The van der Waals surface area contributed by atoms with Gasteiger partial charge in [-0.05, 0) is 24.5 Å². The van der Waals surface area contributed by atoms with E-state index in [-0.39, 0.29) is 4.90 Å². The first-order valence-corrected chi connectivity index (χ1v) is 8.31. The molecule has 0 unspecified atom stereocenters. The predicted molar refractivity (Wildman–Crippen MR) is 74.6 cm³/mol. The van der Waals surface area contributed by atoms with Crippen LogP contribution in [-0.2, 0) is 16.4 Å². The van der Waals surface area contributed by atoms with E-state index < -0.39 is 9.84 Å². The first-order chi connectivity index (χ1) is 8.97. The Hall–Kier alpha value is -1.56. The molecule has 3 rings (SSSR count). The van der Waals surface area contributed by atoms with Gasteiger partial charge in [-0.25, -0.2) is 13.4 Å². The zero-order valence-electron chi connectivity index (χ0n) is 10.8. The van der Waals surface area contributed by atoms with E-state index in [0.29, 0.717) is 11.5 Å². The molecule has 0 bridgehead atoms. The van der Waals surface area contributed by atoms with Gasteiger partial charge in [-0.2, -0.15) is 0 Å². The number of sulfone groups is 1. The van der Waals surface area contributed by atoms with Crippen LogP contribution in [0.4, 0.5) is 5.95 Å². The number of benzene rings is 1. The fourth-order valence-corrected chi connectivity index (χ4v) is 3.22. The van der Waals surface area contributed by atoms with Gasteiger partial charge in [0.15, 0.2) is 9.84 Å². The second-order valence-corrected chi connectivity index (χ2v) is 7.23. The zero-order valence-corrected chi connectivity index (χ0v) is 11.7. The lowest BCUT2D eigenvalue weighted by atomic mass is 10.2. The Kier molecular flexibility index (Phi) is 2.78. The molecular formula is C13H17N3O2S. The number of aromatic nitrogens is 2. The van der Waals surface area contributed by atoms with E-state index in [0.717, 1.165) is 24.4 Å². The maximum absolute atomic E-state index is 11.8. The molecule has 0 amide bonds. The monoisotopic (exact) mass is 279 g/mol. The third kappa shape index (κ3) is 2.32. The average Bonchev–Trinajstić information content (AvgIpc) is 3.08. The quantitative estimate of drug-likeness (QED) is 0.926.